The number of hydrogen-bond donors (Lipinski definition) is 1. The Labute approximate surface area is 110 Å². The van der Waals surface area contributed by atoms with Crippen LogP contribution in [0.5, 0.6) is 0 Å². The van der Waals surface area contributed by atoms with Gasteiger partial charge < -0.3 is 10.6 Å². The first-order valence-electron chi connectivity index (χ1n) is 6.75. The summed E-state index contributed by atoms with van der Waals surface area (Å²) in [6.45, 7) is 10.7. The maximum Gasteiger partial charge on any atom is 0.137 e. The fourth-order valence-corrected chi connectivity index (χ4v) is 2.58. The van der Waals surface area contributed by atoms with Gasteiger partial charge in [0, 0.05) is 18.7 Å². The minimum absolute atomic E-state index is 0.441. The molecular weight excluding hydrogens is 224 g/mol. The molecule has 0 aliphatic carbocycles. The molecule has 0 radical (unpaired) electrons. The molecule has 2 rings (SSSR count). The summed E-state index contributed by atoms with van der Waals surface area (Å²) >= 11 is 0. The Morgan fingerprint density at radius 3 is 2.56 bits per heavy atom. The van der Waals surface area contributed by atoms with Gasteiger partial charge in [0.15, 0.2) is 0 Å². The van der Waals surface area contributed by atoms with Crippen molar-refractivity contribution < 1.29 is 0 Å². The molecule has 1 aliphatic heterocycles. The second-order valence-corrected chi connectivity index (χ2v) is 6.11. The summed E-state index contributed by atoms with van der Waals surface area (Å²) in [6, 6.07) is 0. The average Bonchev–Trinajstić information content (AvgIpc) is 2.45. The minimum Gasteiger partial charge on any atom is -0.383 e. The third kappa shape index (κ3) is 2.74. The van der Waals surface area contributed by atoms with Gasteiger partial charge in [0.2, 0.25) is 0 Å². The fourth-order valence-electron chi connectivity index (χ4n) is 2.58. The molecule has 1 aromatic rings. The molecule has 1 aliphatic rings. The number of hydrogen-bond acceptors (Lipinski definition) is 4. The molecule has 2 N–H and O–H groups in total. The van der Waals surface area contributed by atoms with Gasteiger partial charge in [0.25, 0.3) is 0 Å². The SMILES string of the molecule is Cc1nc(N)c(C)c(N2CCCC(C)(C)CC2)n1. The van der Waals surface area contributed by atoms with Gasteiger partial charge in [-0.2, -0.15) is 0 Å². The van der Waals surface area contributed by atoms with Crippen molar-refractivity contribution in [1.82, 2.24) is 9.97 Å². The summed E-state index contributed by atoms with van der Waals surface area (Å²) in [5, 5.41) is 0. The Balaban J connectivity index is 2.26. The molecule has 0 saturated carbocycles. The summed E-state index contributed by atoms with van der Waals surface area (Å²) in [5.41, 5.74) is 7.40. The van der Waals surface area contributed by atoms with Crippen LogP contribution in [0.2, 0.25) is 0 Å². The molecular formula is C14H24N4. The number of aromatic nitrogens is 2. The first-order valence-corrected chi connectivity index (χ1v) is 6.75. The topological polar surface area (TPSA) is 55.0 Å². The highest BCUT2D eigenvalue weighted by Gasteiger charge is 2.24. The Bertz CT molecular complexity index is 440. The molecule has 1 saturated heterocycles. The van der Waals surface area contributed by atoms with E-state index in [1.165, 1.54) is 19.3 Å². The van der Waals surface area contributed by atoms with Crippen LogP contribution in [0.1, 0.15) is 44.5 Å². The molecule has 0 spiro atoms. The van der Waals surface area contributed by atoms with E-state index in [9.17, 15) is 0 Å². The standard InChI is InChI=1S/C14H24N4/c1-10-12(15)16-11(2)17-13(10)18-8-5-6-14(3,4)7-9-18/h5-9H2,1-4H3,(H2,15,16,17). The monoisotopic (exact) mass is 248 g/mol. The van der Waals surface area contributed by atoms with Crippen LogP contribution >= 0.6 is 0 Å². The van der Waals surface area contributed by atoms with Gasteiger partial charge >= 0.3 is 0 Å². The Hall–Kier alpha value is -1.32. The molecule has 0 unspecified atom stereocenters. The summed E-state index contributed by atoms with van der Waals surface area (Å²) in [4.78, 5) is 11.2. The van der Waals surface area contributed by atoms with Gasteiger partial charge in [0.05, 0.1) is 0 Å². The number of aryl methyl sites for hydroxylation is 1. The second-order valence-electron chi connectivity index (χ2n) is 6.11. The lowest BCUT2D eigenvalue weighted by Gasteiger charge is -2.25. The average molecular weight is 248 g/mol. The van der Waals surface area contributed by atoms with E-state index >= 15 is 0 Å². The third-order valence-corrected chi connectivity index (χ3v) is 3.91. The fraction of sp³-hybridized carbons (Fsp3) is 0.714. The maximum atomic E-state index is 5.94. The van der Waals surface area contributed by atoms with Crippen LogP contribution in [0.4, 0.5) is 11.6 Å². The zero-order valence-electron chi connectivity index (χ0n) is 12.0. The van der Waals surface area contributed by atoms with Gasteiger partial charge in [-0.15, -0.1) is 0 Å². The second kappa shape index (κ2) is 4.75. The third-order valence-electron chi connectivity index (χ3n) is 3.91. The Morgan fingerprint density at radius 2 is 1.83 bits per heavy atom. The van der Waals surface area contributed by atoms with E-state index in [0.717, 1.165) is 30.3 Å². The van der Waals surface area contributed by atoms with E-state index in [1.807, 2.05) is 13.8 Å². The summed E-state index contributed by atoms with van der Waals surface area (Å²) in [6.07, 6.45) is 3.70. The first kappa shape index (κ1) is 13.1. The highest BCUT2D eigenvalue weighted by Crippen LogP contribution is 2.32. The number of rotatable bonds is 1. The maximum absolute atomic E-state index is 5.94. The zero-order chi connectivity index (χ0) is 13.3. The van der Waals surface area contributed by atoms with Gasteiger partial charge in [-0.3, -0.25) is 0 Å². The van der Waals surface area contributed by atoms with Crippen molar-refractivity contribution >= 4 is 11.6 Å². The van der Waals surface area contributed by atoms with E-state index in [1.54, 1.807) is 0 Å². The van der Waals surface area contributed by atoms with Crippen molar-refractivity contribution in [3.8, 4) is 0 Å². The van der Waals surface area contributed by atoms with Crippen LogP contribution in [-0.2, 0) is 0 Å². The highest BCUT2D eigenvalue weighted by atomic mass is 15.2. The lowest BCUT2D eigenvalue weighted by molar-refractivity contribution is 0.325. The smallest absolute Gasteiger partial charge is 0.137 e. The van der Waals surface area contributed by atoms with Gasteiger partial charge in [-0.05, 0) is 38.5 Å². The molecule has 4 nitrogen and oxygen atoms in total. The predicted octanol–water partition coefficient (Wildman–Crippen LogP) is 2.69. The van der Waals surface area contributed by atoms with Crippen molar-refractivity contribution in [3.05, 3.63) is 11.4 Å². The van der Waals surface area contributed by atoms with E-state index in [2.05, 4.69) is 28.7 Å². The molecule has 0 amide bonds. The highest BCUT2D eigenvalue weighted by molar-refractivity contribution is 5.56. The molecule has 1 aromatic heterocycles. The van der Waals surface area contributed by atoms with Crippen LogP contribution in [0.25, 0.3) is 0 Å². The number of nitrogens with two attached hydrogens (primary N) is 1. The van der Waals surface area contributed by atoms with Crippen LogP contribution in [0.15, 0.2) is 0 Å². The molecule has 0 bridgehead atoms. The van der Waals surface area contributed by atoms with Crippen molar-refractivity contribution in [2.75, 3.05) is 23.7 Å². The van der Waals surface area contributed by atoms with Gasteiger partial charge in [0.1, 0.15) is 17.5 Å². The van der Waals surface area contributed by atoms with Crippen LogP contribution in [0.3, 0.4) is 0 Å². The number of nitrogens with zero attached hydrogens (tertiary/aromatic N) is 3. The Kier molecular flexibility index (Phi) is 3.46. The lowest BCUT2D eigenvalue weighted by atomic mass is 9.85. The van der Waals surface area contributed by atoms with Crippen LogP contribution in [0, 0.1) is 19.3 Å². The first-order chi connectivity index (χ1) is 8.39. The minimum atomic E-state index is 0.441. The normalized spacial score (nSPS) is 19.7. The molecule has 1 fully saturated rings. The van der Waals surface area contributed by atoms with Crippen molar-refractivity contribution in [2.45, 2.75) is 47.0 Å². The zero-order valence-corrected chi connectivity index (χ0v) is 12.0. The molecule has 18 heavy (non-hydrogen) atoms. The largest absolute Gasteiger partial charge is 0.383 e. The van der Waals surface area contributed by atoms with E-state index in [4.69, 9.17) is 5.73 Å². The van der Waals surface area contributed by atoms with E-state index < -0.39 is 0 Å². The van der Waals surface area contributed by atoms with Gasteiger partial charge in [-0.1, -0.05) is 13.8 Å². The number of anilines is 2. The molecule has 2 heterocycles. The molecule has 100 valence electrons. The van der Waals surface area contributed by atoms with Crippen LogP contribution < -0.4 is 10.6 Å². The molecule has 0 aromatic carbocycles. The van der Waals surface area contributed by atoms with Crippen LogP contribution in [-0.4, -0.2) is 23.1 Å². The Morgan fingerprint density at radius 1 is 1.11 bits per heavy atom. The quantitative estimate of drug-likeness (QED) is 0.830. The lowest BCUT2D eigenvalue weighted by Crippen LogP contribution is -2.27. The summed E-state index contributed by atoms with van der Waals surface area (Å²) in [5.74, 6) is 2.40. The number of nitrogen functional groups attached to an aromatic ring is 1. The summed E-state index contributed by atoms with van der Waals surface area (Å²) < 4.78 is 0. The predicted molar refractivity (Wildman–Crippen MR) is 75.8 cm³/mol. The van der Waals surface area contributed by atoms with Gasteiger partial charge in [-0.25, -0.2) is 9.97 Å². The van der Waals surface area contributed by atoms with Crippen molar-refractivity contribution in [3.63, 3.8) is 0 Å². The van der Waals surface area contributed by atoms with E-state index in [0.29, 0.717) is 11.2 Å². The summed E-state index contributed by atoms with van der Waals surface area (Å²) in [7, 11) is 0. The van der Waals surface area contributed by atoms with Crippen molar-refractivity contribution in [1.29, 1.82) is 0 Å². The molecule has 4 heteroatoms. The molecule has 0 atom stereocenters. The van der Waals surface area contributed by atoms with Crippen molar-refractivity contribution in [2.24, 2.45) is 5.41 Å². The van der Waals surface area contributed by atoms with E-state index in [-0.39, 0.29) is 0 Å².